The molecule has 17 heavy (non-hydrogen) atoms. The maximum Gasteiger partial charge on any atom is 0.121 e. The molecule has 2 saturated carbocycles. The van der Waals surface area contributed by atoms with Crippen LogP contribution in [-0.2, 0) is 11.0 Å². The molecule has 0 bridgehead atoms. The van der Waals surface area contributed by atoms with Gasteiger partial charge in [-0.05, 0) is 55.6 Å². The first kappa shape index (κ1) is 11.1. The fraction of sp³-hybridized carbons (Fsp3) is 0.600. The summed E-state index contributed by atoms with van der Waals surface area (Å²) in [4.78, 5) is 0. The summed E-state index contributed by atoms with van der Waals surface area (Å²) in [6, 6.07) is 5.65. The highest BCUT2D eigenvalue weighted by atomic mass is 16.3. The molecule has 3 rings (SSSR count). The molecule has 0 spiro atoms. The Bertz CT molecular complexity index is 454. The highest BCUT2D eigenvalue weighted by Gasteiger charge is 2.48. The van der Waals surface area contributed by atoms with Crippen molar-refractivity contribution in [3.8, 4) is 5.75 Å². The van der Waals surface area contributed by atoms with Gasteiger partial charge in [-0.3, -0.25) is 0 Å². The molecule has 1 atom stereocenters. The number of hydrogen-bond acceptors (Lipinski definition) is 2. The van der Waals surface area contributed by atoms with Gasteiger partial charge in [0.2, 0.25) is 0 Å². The fourth-order valence-electron chi connectivity index (χ4n) is 2.88. The van der Waals surface area contributed by atoms with Gasteiger partial charge in [0, 0.05) is 5.56 Å². The molecule has 2 aliphatic carbocycles. The smallest absolute Gasteiger partial charge is 0.121 e. The summed E-state index contributed by atoms with van der Waals surface area (Å²) in [5.41, 5.74) is 1.23. The lowest BCUT2D eigenvalue weighted by Gasteiger charge is -2.29. The normalized spacial score (nSPS) is 25.4. The second-order valence-electron chi connectivity index (χ2n) is 6.18. The SMILES string of the molecule is CC1(c2cccc(O)c2C(C)(O)C2CC2)CC1. The summed E-state index contributed by atoms with van der Waals surface area (Å²) in [6.07, 6.45) is 4.45. The standard InChI is InChI=1S/C15H20O2/c1-14(8-9-14)11-4-3-5-12(16)13(11)15(2,17)10-6-7-10/h3-5,10,16-17H,6-9H2,1-2H3. The van der Waals surface area contributed by atoms with Crippen molar-refractivity contribution in [3.63, 3.8) is 0 Å². The van der Waals surface area contributed by atoms with Gasteiger partial charge in [0.15, 0.2) is 0 Å². The molecule has 92 valence electrons. The van der Waals surface area contributed by atoms with E-state index in [0.29, 0.717) is 5.92 Å². The number of phenolic OH excluding ortho intramolecular Hbond substituents is 1. The zero-order valence-corrected chi connectivity index (χ0v) is 10.5. The van der Waals surface area contributed by atoms with Crippen LogP contribution in [0.5, 0.6) is 5.75 Å². The summed E-state index contributed by atoms with van der Waals surface area (Å²) < 4.78 is 0. The molecular formula is C15H20O2. The molecular weight excluding hydrogens is 212 g/mol. The highest BCUT2D eigenvalue weighted by Crippen LogP contribution is 2.55. The molecule has 1 unspecified atom stereocenters. The maximum atomic E-state index is 10.7. The maximum absolute atomic E-state index is 10.7. The number of aliphatic hydroxyl groups is 1. The predicted octanol–water partition coefficient (Wildman–Crippen LogP) is 3.06. The van der Waals surface area contributed by atoms with E-state index in [9.17, 15) is 10.2 Å². The number of phenols is 1. The van der Waals surface area contributed by atoms with Gasteiger partial charge in [0.1, 0.15) is 5.75 Å². The Kier molecular flexibility index (Phi) is 2.13. The fourth-order valence-corrected chi connectivity index (χ4v) is 2.88. The lowest BCUT2D eigenvalue weighted by atomic mass is 9.81. The van der Waals surface area contributed by atoms with E-state index in [1.807, 2.05) is 13.0 Å². The van der Waals surface area contributed by atoms with Crippen LogP contribution in [0.2, 0.25) is 0 Å². The first-order chi connectivity index (χ1) is 7.95. The monoisotopic (exact) mass is 232 g/mol. The topological polar surface area (TPSA) is 40.5 Å². The summed E-state index contributed by atoms with van der Waals surface area (Å²) in [5.74, 6) is 0.574. The van der Waals surface area contributed by atoms with Crippen LogP contribution < -0.4 is 0 Å². The van der Waals surface area contributed by atoms with Gasteiger partial charge in [-0.2, -0.15) is 0 Å². The van der Waals surface area contributed by atoms with E-state index in [2.05, 4.69) is 13.0 Å². The molecule has 1 aromatic carbocycles. The van der Waals surface area contributed by atoms with Crippen LogP contribution in [0, 0.1) is 5.92 Å². The van der Waals surface area contributed by atoms with Crippen molar-refractivity contribution < 1.29 is 10.2 Å². The van der Waals surface area contributed by atoms with Crippen molar-refractivity contribution >= 4 is 0 Å². The minimum atomic E-state index is -0.869. The average molecular weight is 232 g/mol. The zero-order chi connectivity index (χ0) is 12.3. The second kappa shape index (κ2) is 3.26. The summed E-state index contributed by atoms with van der Waals surface area (Å²) >= 11 is 0. The summed E-state index contributed by atoms with van der Waals surface area (Å²) in [5, 5.41) is 20.9. The zero-order valence-electron chi connectivity index (χ0n) is 10.5. The molecule has 0 heterocycles. The van der Waals surface area contributed by atoms with Crippen molar-refractivity contribution in [1.29, 1.82) is 0 Å². The van der Waals surface area contributed by atoms with Gasteiger partial charge in [-0.25, -0.2) is 0 Å². The Morgan fingerprint density at radius 2 is 1.94 bits per heavy atom. The Hall–Kier alpha value is -1.02. The predicted molar refractivity (Wildman–Crippen MR) is 67.0 cm³/mol. The van der Waals surface area contributed by atoms with E-state index in [-0.39, 0.29) is 11.2 Å². The number of rotatable bonds is 3. The van der Waals surface area contributed by atoms with E-state index in [0.717, 1.165) is 36.8 Å². The third-order valence-electron chi connectivity index (χ3n) is 4.57. The van der Waals surface area contributed by atoms with Crippen molar-refractivity contribution in [2.24, 2.45) is 5.92 Å². The lowest BCUT2D eigenvalue weighted by Crippen LogP contribution is -2.27. The molecule has 2 nitrogen and oxygen atoms in total. The molecule has 2 heteroatoms. The van der Waals surface area contributed by atoms with E-state index >= 15 is 0 Å². The van der Waals surface area contributed by atoms with E-state index < -0.39 is 5.60 Å². The van der Waals surface area contributed by atoms with Crippen molar-refractivity contribution in [2.45, 2.75) is 50.5 Å². The van der Waals surface area contributed by atoms with Crippen LogP contribution in [-0.4, -0.2) is 10.2 Å². The van der Waals surface area contributed by atoms with Gasteiger partial charge >= 0.3 is 0 Å². The largest absolute Gasteiger partial charge is 0.508 e. The molecule has 0 amide bonds. The molecule has 2 fully saturated rings. The molecule has 0 radical (unpaired) electrons. The Morgan fingerprint density at radius 1 is 1.29 bits per heavy atom. The Labute approximate surface area is 102 Å². The first-order valence-corrected chi connectivity index (χ1v) is 6.50. The van der Waals surface area contributed by atoms with Crippen molar-refractivity contribution in [2.75, 3.05) is 0 Å². The average Bonchev–Trinajstić information content (AvgIpc) is 3.11. The van der Waals surface area contributed by atoms with Gasteiger partial charge < -0.3 is 10.2 Å². The van der Waals surface area contributed by atoms with Crippen LogP contribution in [0.3, 0.4) is 0 Å². The van der Waals surface area contributed by atoms with E-state index in [1.54, 1.807) is 6.07 Å². The highest BCUT2D eigenvalue weighted by molar-refractivity contribution is 5.49. The van der Waals surface area contributed by atoms with Gasteiger partial charge in [-0.15, -0.1) is 0 Å². The molecule has 0 aromatic heterocycles. The molecule has 0 aliphatic heterocycles. The molecule has 2 aliphatic rings. The molecule has 2 N–H and O–H groups in total. The number of benzene rings is 1. The number of aromatic hydroxyl groups is 1. The van der Waals surface area contributed by atoms with Crippen LogP contribution in [0.4, 0.5) is 0 Å². The van der Waals surface area contributed by atoms with E-state index in [1.165, 1.54) is 0 Å². The van der Waals surface area contributed by atoms with Crippen LogP contribution in [0.25, 0.3) is 0 Å². The minimum Gasteiger partial charge on any atom is -0.508 e. The van der Waals surface area contributed by atoms with Gasteiger partial charge in [-0.1, -0.05) is 19.1 Å². The third-order valence-corrected chi connectivity index (χ3v) is 4.57. The Balaban J connectivity index is 2.13. The third kappa shape index (κ3) is 1.66. The quantitative estimate of drug-likeness (QED) is 0.841. The van der Waals surface area contributed by atoms with Gasteiger partial charge in [0.05, 0.1) is 5.60 Å². The summed E-state index contributed by atoms with van der Waals surface area (Å²) in [7, 11) is 0. The first-order valence-electron chi connectivity index (χ1n) is 6.50. The van der Waals surface area contributed by atoms with Crippen LogP contribution in [0.1, 0.15) is 50.7 Å². The van der Waals surface area contributed by atoms with Gasteiger partial charge in [0.25, 0.3) is 0 Å². The van der Waals surface area contributed by atoms with E-state index in [4.69, 9.17) is 0 Å². The van der Waals surface area contributed by atoms with Crippen molar-refractivity contribution in [3.05, 3.63) is 29.3 Å². The van der Waals surface area contributed by atoms with Crippen LogP contribution >= 0.6 is 0 Å². The summed E-state index contributed by atoms with van der Waals surface area (Å²) in [6.45, 7) is 4.07. The molecule has 0 saturated heterocycles. The van der Waals surface area contributed by atoms with Crippen LogP contribution in [0.15, 0.2) is 18.2 Å². The lowest BCUT2D eigenvalue weighted by molar-refractivity contribution is 0.0294. The number of hydrogen-bond donors (Lipinski definition) is 2. The van der Waals surface area contributed by atoms with Crippen molar-refractivity contribution in [1.82, 2.24) is 0 Å². The Morgan fingerprint density at radius 3 is 2.47 bits per heavy atom. The second-order valence-corrected chi connectivity index (χ2v) is 6.18. The molecule has 1 aromatic rings. The minimum absolute atomic E-state index is 0.174.